The van der Waals surface area contributed by atoms with Crippen molar-refractivity contribution in [3.05, 3.63) is 105 Å². The van der Waals surface area contributed by atoms with Crippen LogP contribution < -0.4 is 5.56 Å². The normalized spacial score (nSPS) is 11.2. The number of halogens is 4. The Kier molecular flexibility index (Phi) is 4.90. The van der Waals surface area contributed by atoms with Crippen LogP contribution in [0.15, 0.2) is 82.2 Å². The number of para-hydroxylation sites is 1. The van der Waals surface area contributed by atoms with E-state index in [1.54, 1.807) is 36.4 Å². The van der Waals surface area contributed by atoms with E-state index in [2.05, 4.69) is 26.0 Å². The Balaban J connectivity index is 1.86. The second kappa shape index (κ2) is 7.76. The zero-order valence-corrected chi connectivity index (χ0v) is 17.7. The predicted octanol–water partition coefficient (Wildman–Crippen LogP) is 5.42. The molecule has 0 saturated carbocycles. The van der Waals surface area contributed by atoms with E-state index in [9.17, 15) is 18.0 Å². The first kappa shape index (κ1) is 20.2. The molecule has 0 amide bonds. The molecule has 0 radical (unpaired) electrons. The Morgan fingerprint density at radius 3 is 2.16 bits per heavy atom. The topological polar surface area (TPSA) is 52.7 Å². The maximum absolute atomic E-state index is 14.7. The molecule has 0 bridgehead atoms. The van der Waals surface area contributed by atoms with E-state index in [0.717, 1.165) is 9.04 Å². The highest BCUT2D eigenvalue weighted by Crippen LogP contribution is 2.28. The van der Waals surface area contributed by atoms with Gasteiger partial charge in [-0.2, -0.15) is 0 Å². The highest BCUT2D eigenvalue weighted by Gasteiger charge is 2.23. The lowest BCUT2D eigenvalue weighted by Gasteiger charge is -2.13. The number of benzene rings is 3. The fourth-order valence-electron chi connectivity index (χ4n) is 3.43. The van der Waals surface area contributed by atoms with E-state index in [1.807, 2.05) is 18.2 Å². The van der Waals surface area contributed by atoms with Crippen LogP contribution in [-0.2, 0) is 0 Å². The van der Waals surface area contributed by atoms with Crippen molar-refractivity contribution in [2.75, 3.05) is 0 Å². The second-order valence-electron chi connectivity index (χ2n) is 6.94. The molecule has 9 heteroatoms. The molecule has 0 aliphatic rings. The minimum Gasteiger partial charge on any atom is -0.268 e. The van der Waals surface area contributed by atoms with Crippen LogP contribution in [-0.4, -0.2) is 19.3 Å². The Hall–Kier alpha value is -3.72. The SMILES string of the molecule is O=c1c2cn(-c3ccccc3)nc2nc(-c2c(F)cc(F)cc2F)n1-c1ccc(Br)cc1. The number of rotatable bonds is 3. The number of aromatic nitrogens is 4. The van der Waals surface area contributed by atoms with Gasteiger partial charge in [-0.1, -0.05) is 34.1 Å². The summed E-state index contributed by atoms with van der Waals surface area (Å²) >= 11 is 3.32. The summed E-state index contributed by atoms with van der Waals surface area (Å²) < 4.78 is 46.2. The predicted molar refractivity (Wildman–Crippen MR) is 117 cm³/mol. The van der Waals surface area contributed by atoms with Crippen molar-refractivity contribution in [3.8, 4) is 22.8 Å². The van der Waals surface area contributed by atoms with Crippen molar-refractivity contribution in [2.45, 2.75) is 0 Å². The number of hydrogen-bond donors (Lipinski definition) is 0. The molecule has 0 spiro atoms. The molecule has 158 valence electrons. The van der Waals surface area contributed by atoms with Crippen LogP contribution in [0.2, 0.25) is 0 Å². The van der Waals surface area contributed by atoms with E-state index in [-0.39, 0.29) is 16.9 Å². The fraction of sp³-hybridized carbons (Fsp3) is 0. The van der Waals surface area contributed by atoms with Gasteiger partial charge in [-0.05, 0) is 36.4 Å². The van der Waals surface area contributed by atoms with Gasteiger partial charge in [0.05, 0.1) is 16.9 Å². The number of nitrogens with zero attached hydrogens (tertiary/aromatic N) is 4. The molecule has 5 aromatic rings. The third kappa shape index (κ3) is 3.40. The average Bonchev–Trinajstić information content (AvgIpc) is 3.20. The van der Waals surface area contributed by atoms with Crippen LogP contribution in [0.5, 0.6) is 0 Å². The van der Waals surface area contributed by atoms with Crippen LogP contribution in [0.3, 0.4) is 0 Å². The zero-order valence-electron chi connectivity index (χ0n) is 16.1. The third-order valence-electron chi connectivity index (χ3n) is 4.89. The minimum atomic E-state index is -1.18. The summed E-state index contributed by atoms with van der Waals surface area (Å²) in [6.07, 6.45) is 1.51. The summed E-state index contributed by atoms with van der Waals surface area (Å²) in [6, 6.07) is 16.7. The molecule has 3 aromatic carbocycles. The van der Waals surface area contributed by atoms with Crippen molar-refractivity contribution < 1.29 is 13.2 Å². The van der Waals surface area contributed by atoms with Gasteiger partial charge in [0.15, 0.2) is 11.5 Å². The summed E-state index contributed by atoms with van der Waals surface area (Å²) in [7, 11) is 0. The highest BCUT2D eigenvalue weighted by atomic mass is 79.9. The first-order chi connectivity index (χ1) is 15.4. The summed E-state index contributed by atoms with van der Waals surface area (Å²) in [4.78, 5) is 17.8. The van der Waals surface area contributed by atoms with E-state index >= 15 is 0 Å². The van der Waals surface area contributed by atoms with Crippen molar-refractivity contribution in [1.29, 1.82) is 0 Å². The lowest BCUT2D eigenvalue weighted by atomic mass is 10.1. The first-order valence-corrected chi connectivity index (χ1v) is 10.2. The molecule has 5 nitrogen and oxygen atoms in total. The lowest BCUT2D eigenvalue weighted by molar-refractivity contribution is 0.546. The molecule has 2 aromatic heterocycles. The van der Waals surface area contributed by atoms with Gasteiger partial charge < -0.3 is 0 Å². The van der Waals surface area contributed by atoms with E-state index in [0.29, 0.717) is 23.5 Å². The van der Waals surface area contributed by atoms with Gasteiger partial charge in [0.25, 0.3) is 5.56 Å². The third-order valence-corrected chi connectivity index (χ3v) is 5.42. The quantitative estimate of drug-likeness (QED) is 0.335. The van der Waals surface area contributed by atoms with E-state index in [4.69, 9.17) is 0 Å². The largest absolute Gasteiger partial charge is 0.269 e. The fourth-order valence-corrected chi connectivity index (χ4v) is 3.70. The maximum atomic E-state index is 14.7. The van der Waals surface area contributed by atoms with Crippen molar-refractivity contribution in [1.82, 2.24) is 19.3 Å². The van der Waals surface area contributed by atoms with Gasteiger partial charge in [0.1, 0.15) is 22.8 Å². The van der Waals surface area contributed by atoms with Gasteiger partial charge in [-0.25, -0.2) is 22.8 Å². The molecule has 5 rings (SSSR count). The van der Waals surface area contributed by atoms with Crippen LogP contribution in [0.1, 0.15) is 0 Å². The molecule has 0 aliphatic heterocycles. The molecule has 32 heavy (non-hydrogen) atoms. The second-order valence-corrected chi connectivity index (χ2v) is 7.86. The molecule has 0 N–H and O–H groups in total. The zero-order chi connectivity index (χ0) is 22.4. The first-order valence-electron chi connectivity index (χ1n) is 9.41. The Morgan fingerprint density at radius 2 is 1.50 bits per heavy atom. The Labute approximate surface area is 187 Å². The monoisotopic (exact) mass is 496 g/mol. The van der Waals surface area contributed by atoms with E-state index in [1.165, 1.54) is 10.9 Å². The molecule has 0 aliphatic carbocycles. The molecule has 2 heterocycles. The smallest absolute Gasteiger partial charge is 0.268 e. The molecular formula is C23H12BrF3N4O. The van der Waals surface area contributed by atoms with Gasteiger partial charge in [-0.15, -0.1) is 5.10 Å². The van der Waals surface area contributed by atoms with Gasteiger partial charge in [-0.3, -0.25) is 9.36 Å². The lowest BCUT2D eigenvalue weighted by Crippen LogP contribution is -2.22. The van der Waals surface area contributed by atoms with Crippen molar-refractivity contribution >= 4 is 27.0 Å². The van der Waals surface area contributed by atoms with Crippen LogP contribution in [0, 0.1) is 17.5 Å². The summed E-state index contributed by atoms with van der Waals surface area (Å²) in [5.41, 5.74) is -0.176. The van der Waals surface area contributed by atoms with E-state index < -0.39 is 28.6 Å². The molecule has 0 unspecified atom stereocenters. The average molecular weight is 497 g/mol. The maximum Gasteiger partial charge on any atom is 0.269 e. The van der Waals surface area contributed by atoms with Crippen molar-refractivity contribution in [2.24, 2.45) is 0 Å². The summed E-state index contributed by atoms with van der Waals surface area (Å²) in [6.45, 7) is 0. The van der Waals surface area contributed by atoms with Gasteiger partial charge >= 0.3 is 0 Å². The van der Waals surface area contributed by atoms with Crippen LogP contribution in [0.25, 0.3) is 33.8 Å². The standard InChI is InChI=1S/C23H12BrF3N4O/c24-13-6-8-16(9-7-13)31-22(20-18(26)10-14(25)11-19(20)27)28-21-17(23(31)32)12-30(29-21)15-4-2-1-3-5-15/h1-12H. The summed E-state index contributed by atoms with van der Waals surface area (Å²) in [5, 5.41) is 4.48. The van der Waals surface area contributed by atoms with Crippen LogP contribution >= 0.6 is 15.9 Å². The van der Waals surface area contributed by atoms with Crippen LogP contribution in [0.4, 0.5) is 13.2 Å². The van der Waals surface area contributed by atoms with Gasteiger partial charge in [0.2, 0.25) is 0 Å². The molecule has 0 atom stereocenters. The van der Waals surface area contributed by atoms with Crippen molar-refractivity contribution in [3.63, 3.8) is 0 Å². The molecule has 0 saturated heterocycles. The Bertz CT molecular complexity index is 1510. The molecule has 0 fully saturated rings. The molecular weight excluding hydrogens is 485 g/mol. The van der Waals surface area contributed by atoms with Gasteiger partial charge in [0, 0.05) is 22.8 Å². The highest BCUT2D eigenvalue weighted by molar-refractivity contribution is 9.10. The minimum absolute atomic E-state index is 0.00494. The number of fused-ring (bicyclic) bond motifs is 1. The number of hydrogen-bond acceptors (Lipinski definition) is 3. The summed E-state index contributed by atoms with van der Waals surface area (Å²) in [5.74, 6) is -3.75. The Morgan fingerprint density at radius 1 is 0.844 bits per heavy atom.